The van der Waals surface area contributed by atoms with Crippen molar-refractivity contribution in [1.29, 1.82) is 0 Å². The van der Waals surface area contributed by atoms with Crippen molar-refractivity contribution in [3.8, 4) is 0 Å². The summed E-state index contributed by atoms with van der Waals surface area (Å²) in [6.07, 6.45) is 3.51. The first-order valence-electron chi connectivity index (χ1n) is 11.1. The lowest BCUT2D eigenvalue weighted by molar-refractivity contribution is -0.117. The zero-order valence-electron chi connectivity index (χ0n) is 17.9. The van der Waals surface area contributed by atoms with E-state index in [1.807, 2.05) is 29.2 Å². The minimum absolute atomic E-state index is 0.0464. The summed E-state index contributed by atoms with van der Waals surface area (Å²) in [5.74, 6) is 0.712. The quantitative estimate of drug-likeness (QED) is 0.788. The molecule has 0 aliphatic carbocycles. The van der Waals surface area contributed by atoms with Crippen LogP contribution in [0, 0.1) is 0 Å². The second kappa shape index (κ2) is 8.90. The van der Waals surface area contributed by atoms with E-state index < -0.39 is 0 Å². The molecule has 2 fully saturated rings. The van der Waals surface area contributed by atoms with Crippen LogP contribution in [0.15, 0.2) is 48.5 Å². The molecule has 0 bridgehead atoms. The van der Waals surface area contributed by atoms with E-state index in [9.17, 15) is 9.59 Å². The van der Waals surface area contributed by atoms with E-state index in [1.165, 1.54) is 5.56 Å². The summed E-state index contributed by atoms with van der Waals surface area (Å²) in [6, 6.07) is 16.4. The van der Waals surface area contributed by atoms with Gasteiger partial charge in [-0.05, 0) is 61.1 Å². The molecule has 2 aromatic rings. The number of hydrogen-bond acceptors (Lipinski definition) is 3. The molecular weight excluding hydrogens is 374 g/mol. The number of piperidine rings is 1. The summed E-state index contributed by atoms with van der Waals surface area (Å²) in [5.41, 5.74) is 3.93. The third-order valence-corrected chi connectivity index (χ3v) is 6.13. The van der Waals surface area contributed by atoms with Crippen LogP contribution in [-0.4, -0.2) is 42.4 Å². The van der Waals surface area contributed by atoms with Gasteiger partial charge in [0.1, 0.15) is 0 Å². The van der Waals surface area contributed by atoms with Gasteiger partial charge in [-0.2, -0.15) is 0 Å². The van der Waals surface area contributed by atoms with Crippen LogP contribution in [0.25, 0.3) is 0 Å². The van der Waals surface area contributed by atoms with Crippen molar-refractivity contribution in [2.24, 2.45) is 0 Å². The van der Waals surface area contributed by atoms with Gasteiger partial charge in [-0.3, -0.25) is 9.59 Å². The Morgan fingerprint density at radius 1 is 1.07 bits per heavy atom. The van der Waals surface area contributed by atoms with Crippen LogP contribution in [0.3, 0.4) is 0 Å². The van der Waals surface area contributed by atoms with E-state index in [2.05, 4.69) is 43.4 Å². The summed E-state index contributed by atoms with van der Waals surface area (Å²) >= 11 is 0. The molecule has 0 saturated carbocycles. The predicted octanol–water partition coefficient (Wildman–Crippen LogP) is 4.65. The molecule has 2 aromatic carbocycles. The first kappa shape index (κ1) is 20.5. The maximum absolute atomic E-state index is 13.2. The van der Waals surface area contributed by atoms with Gasteiger partial charge in [-0.15, -0.1) is 0 Å². The van der Waals surface area contributed by atoms with Gasteiger partial charge in [0, 0.05) is 49.0 Å². The highest BCUT2D eigenvalue weighted by atomic mass is 16.2. The summed E-state index contributed by atoms with van der Waals surface area (Å²) < 4.78 is 0. The average Bonchev–Trinajstić information content (AvgIpc) is 3.20. The molecular formula is C25H31N3O2. The molecule has 4 rings (SSSR count). The number of likely N-dealkylation sites (tertiary alicyclic amines) is 1. The Morgan fingerprint density at radius 3 is 2.57 bits per heavy atom. The van der Waals surface area contributed by atoms with Gasteiger partial charge in [0.2, 0.25) is 5.91 Å². The van der Waals surface area contributed by atoms with Gasteiger partial charge in [0.15, 0.2) is 0 Å². The van der Waals surface area contributed by atoms with Crippen LogP contribution in [0.2, 0.25) is 0 Å². The molecule has 0 aromatic heterocycles. The maximum Gasteiger partial charge on any atom is 0.253 e. The minimum Gasteiger partial charge on any atom is -0.381 e. The van der Waals surface area contributed by atoms with Gasteiger partial charge < -0.3 is 15.1 Å². The molecule has 2 aliphatic rings. The minimum atomic E-state index is 0.0464. The van der Waals surface area contributed by atoms with Crippen molar-refractivity contribution in [1.82, 2.24) is 4.90 Å². The number of rotatable bonds is 5. The Bertz CT molecular complexity index is 907. The molecule has 0 spiro atoms. The average molecular weight is 406 g/mol. The van der Waals surface area contributed by atoms with Crippen LogP contribution in [0.5, 0.6) is 0 Å². The molecule has 2 heterocycles. The number of nitrogens with one attached hydrogen (secondary N) is 1. The summed E-state index contributed by atoms with van der Waals surface area (Å²) in [6.45, 7) is 6.60. The Morgan fingerprint density at radius 2 is 1.87 bits per heavy atom. The van der Waals surface area contributed by atoms with E-state index >= 15 is 0 Å². The molecule has 5 nitrogen and oxygen atoms in total. The third-order valence-electron chi connectivity index (χ3n) is 6.13. The molecule has 0 unspecified atom stereocenters. The monoisotopic (exact) mass is 405 g/mol. The number of anilines is 2. The van der Waals surface area contributed by atoms with Crippen molar-refractivity contribution < 1.29 is 9.59 Å². The number of carbonyl (C=O) groups excluding carboxylic acids is 2. The highest BCUT2D eigenvalue weighted by molar-refractivity contribution is 5.99. The summed E-state index contributed by atoms with van der Waals surface area (Å²) in [4.78, 5) is 28.9. The van der Waals surface area contributed by atoms with Gasteiger partial charge in [0.25, 0.3) is 5.91 Å². The normalized spacial score (nSPS) is 19.4. The lowest BCUT2D eigenvalue weighted by atomic mass is 10.0. The molecule has 2 amide bonds. The van der Waals surface area contributed by atoms with Gasteiger partial charge >= 0.3 is 0 Å². The molecule has 1 N–H and O–H groups in total. The van der Waals surface area contributed by atoms with Crippen molar-refractivity contribution >= 4 is 23.2 Å². The number of amides is 2. The molecule has 158 valence electrons. The maximum atomic E-state index is 13.2. The number of nitrogens with zero attached hydrogens (tertiary/aromatic N) is 2. The van der Waals surface area contributed by atoms with E-state index in [1.54, 1.807) is 4.90 Å². The fraction of sp³-hybridized carbons (Fsp3) is 0.440. The van der Waals surface area contributed by atoms with Crippen molar-refractivity contribution in [2.75, 3.05) is 29.9 Å². The van der Waals surface area contributed by atoms with Crippen molar-refractivity contribution in [2.45, 2.75) is 51.5 Å². The van der Waals surface area contributed by atoms with E-state index in [-0.39, 0.29) is 17.9 Å². The topological polar surface area (TPSA) is 52.7 Å². The Kier molecular flexibility index (Phi) is 6.07. The van der Waals surface area contributed by atoms with Gasteiger partial charge in [0.05, 0.1) is 0 Å². The van der Waals surface area contributed by atoms with Crippen LogP contribution < -0.4 is 10.2 Å². The predicted molar refractivity (Wildman–Crippen MR) is 121 cm³/mol. The van der Waals surface area contributed by atoms with E-state index in [4.69, 9.17) is 0 Å². The number of carbonyl (C=O) groups is 2. The second-order valence-electron chi connectivity index (χ2n) is 8.71. The number of benzene rings is 2. The number of hydrogen-bond donors (Lipinski definition) is 1. The summed E-state index contributed by atoms with van der Waals surface area (Å²) in [7, 11) is 0. The van der Waals surface area contributed by atoms with Crippen LogP contribution >= 0.6 is 0 Å². The zero-order valence-corrected chi connectivity index (χ0v) is 17.9. The van der Waals surface area contributed by atoms with Crippen molar-refractivity contribution in [3.05, 3.63) is 59.7 Å². The first-order valence-corrected chi connectivity index (χ1v) is 11.1. The van der Waals surface area contributed by atoms with Crippen LogP contribution in [0.1, 0.15) is 61.4 Å². The van der Waals surface area contributed by atoms with Crippen LogP contribution in [0.4, 0.5) is 11.4 Å². The Labute approximate surface area is 179 Å². The third kappa shape index (κ3) is 4.50. The zero-order chi connectivity index (χ0) is 21.1. The fourth-order valence-corrected chi connectivity index (χ4v) is 4.39. The lowest BCUT2D eigenvalue weighted by Crippen LogP contribution is -2.45. The molecule has 30 heavy (non-hydrogen) atoms. The summed E-state index contributed by atoms with van der Waals surface area (Å²) in [5, 5.41) is 3.60. The fourth-order valence-electron chi connectivity index (χ4n) is 4.39. The van der Waals surface area contributed by atoms with Crippen molar-refractivity contribution in [3.63, 3.8) is 0 Å². The lowest BCUT2D eigenvalue weighted by Gasteiger charge is -2.34. The standard InChI is InChI=1S/C25H31N3O2/c1-18(2)19-10-12-21(13-11-19)26-22-7-4-14-27(17-22)25(30)20-6-3-8-23(16-20)28-15-5-9-24(28)29/h3,6,8,10-13,16,18,22,26H,4-5,7,9,14-15,17H2,1-2H3/t22-/m0/s1. The van der Waals surface area contributed by atoms with E-state index in [0.29, 0.717) is 24.4 Å². The SMILES string of the molecule is CC(C)c1ccc(N[C@H]2CCCN(C(=O)c3cccc(N4CCCC4=O)c3)C2)cc1. The Hall–Kier alpha value is -2.82. The highest BCUT2D eigenvalue weighted by Crippen LogP contribution is 2.24. The van der Waals surface area contributed by atoms with Gasteiger partial charge in [-0.25, -0.2) is 0 Å². The largest absolute Gasteiger partial charge is 0.381 e. The van der Waals surface area contributed by atoms with E-state index in [0.717, 1.165) is 43.7 Å². The Balaban J connectivity index is 1.41. The molecule has 5 heteroatoms. The first-order chi connectivity index (χ1) is 14.5. The highest BCUT2D eigenvalue weighted by Gasteiger charge is 2.26. The molecule has 2 saturated heterocycles. The van der Waals surface area contributed by atoms with Crippen LogP contribution in [-0.2, 0) is 4.79 Å². The molecule has 0 radical (unpaired) electrons. The smallest absolute Gasteiger partial charge is 0.253 e. The molecule has 2 aliphatic heterocycles. The molecule has 1 atom stereocenters. The van der Waals surface area contributed by atoms with Gasteiger partial charge in [-0.1, -0.05) is 32.0 Å². The second-order valence-corrected chi connectivity index (χ2v) is 8.71.